The molecular weight excluding hydrogens is 166 g/mol. The molecule has 0 amide bonds. The highest BCUT2D eigenvalue weighted by atomic mass is 79.9. The lowest BCUT2D eigenvalue weighted by Crippen LogP contribution is -2.31. The van der Waals surface area contributed by atoms with E-state index in [9.17, 15) is 0 Å². The van der Waals surface area contributed by atoms with E-state index in [2.05, 4.69) is 29.8 Å². The predicted octanol–water partition coefficient (Wildman–Crippen LogP) is 1.90. The molecule has 0 aromatic heterocycles. The maximum absolute atomic E-state index is 5.70. The lowest BCUT2D eigenvalue weighted by Gasteiger charge is -2.16. The van der Waals surface area contributed by atoms with Gasteiger partial charge < -0.3 is 5.73 Å². The molecule has 0 rings (SSSR count). The molecule has 0 unspecified atom stereocenters. The minimum Gasteiger partial charge on any atom is -0.326 e. The van der Waals surface area contributed by atoms with Gasteiger partial charge in [-0.2, -0.15) is 0 Å². The summed E-state index contributed by atoms with van der Waals surface area (Å²) in [5.74, 6) is 0. The van der Waals surface area contributed by atoms with E-state index in [4.69, 9.17) is 5.73 Å². The fourth-order valence-electron chi connectivity index (χ4n) is 0.522. The van der Waals surface area contributed by atoms with E-state index in [1.165, 1.54) is 6.42 Å². The molecule has 0 aliphatic carbocycles. The van der Waals surface area contributed by atoms with Crippen molar-refractivity contribution in [3.8, 4) is 0 Å². The van der Waals surface area contributed by atoms with Crippen LogP contribution in [0.2, 0.25) is 0 Å². The molecule has 0 aliphatic heterocycles. The van der Waals surface area contributed by atoms with Crippen LogP contribution in [0.5, 0.6) is 0 Å². The molecular formula is C6H14BrN. The largest absolute Gasteiger partial charge is 0.326 e. The van der Waals surface area contributed by atoms with Crippen molar-refractivity contribution >= 4 is 15.9 Å². The van der Waals surface area contributed by atoms with Gasteiger partial charge in [0, 0.05) is 10.9 Å². The van der Waals surface area contributed by atoms with Crippen LogP contribution in [0.25, 0.3) is 0 Å². The zero-order valence-electron chi connectivity index (χ0n) is 5.58. The van der Waals surface area contributed by atoms with Gasteiger partial charge in [-0.15, -0.1) is 0 Å². The molecule has 0 bridgehead atoms. The summed E-state index contributed by atoms with van der Waals surface area (Å²) >= 11 is 3.35. The van der Waals surface area contributed by atoms with Crippen LogP contribution >= 0.6 is 15.9 Å². The van der Waals surface area contributed by atoms with Crippen molar-refractivity contribution in [2.45, 2.75) is 32.2 Å². The Labute approximate surface area is 59.8 Å². The number of halogens is 1. The third kappa shape index (κ3) is 6.44. The van der Waals surface area contributed by atoms with E-state index in [1.807, 2.05) is 0 Å². The van der Waals surface area contributed by atoms with E-state index in [0.717, 1.165) is 11.8 Å². The van der Waals surface area contributed by atoms with Crippen LogP contribution in [0, 0.1) is 0 Å². The van der Waals surface area contributed by atoms with Gasteiger partial charge in [0.25, 0.3) is 0 Å². The van der Waals surface area contributed by atoms with Crippen LogP contribution < -0.4 is 5.73 Å². The molecule has 0 atom stereocenters. The van der Waals surface area contributed by atoms with Gasteiger partial charge >= 0.3 is 0 Å². The summed E-state index contributed by atoms with van der Waals surface area (Å²) < 4.78 is 0. The Morgan fingerprint density at radius 2 is 2.00 bits per heavy atom. The number of hydrogen-bond acceptors (Lipinski definition) is 1. The second-order valence-electron chi connectivity index (χ2n) is 2.78. The Morgan fingerprint density at radius 3 is 2.12 bits per heavy atom. The number of nitrogens with two attached hydrogens (primary N) is 1. The molecule has 0 spiro atoms. The molecule has 0 radical (unpaired) electrons. The minimum absolute atomic E-state index is 0.0216. The van der Waals surface area contributed by atoms with Crippen LogP contribution in [0.4, 0.5) is 0 Å². The van der Waals surface area contributed by atoms with E-state index < -0.39 is 0 Å². The first-order valence-corrected chi connectivity index (χ1v) is 4.03. The Kier molecular flexibility index (Phi) is 3.65. The topological polar surface area (TPSA) is 26.0 Å². The van der Waals surface area contributed by atoms with Crippen molar-refractivity contribution in [3.05, 3.63) is 0 Å². The molecule has 2 N–H and O–H groups in total. The quantitative estimate of drug-likeness (QED) is 0.659. The Morgan fingerprint density at radius 1 is 1.50 bits per heavy atom. The second kappa shape index (κ2) is 3.46. The first-order chi connectivity index (χ1) is 3.56. The van der Waals surface area contributed by atoms with Gasteiger partial charge in [-0.1, -0.05) is 15.9 Å². The van der Waals surface area contributed by atoms with E-state index >= 15 is 0 Å². The summed E-state index contributed by atoms with van der Waals surface area (Å²) in [7, 11) is 0. The van der Waals surface area contributed by atoms with Crippen molar-refractivity contribution < 1.29 is 0 Å². The fraction of sp³-hybridized carbons (Fsp3) is 1.00. The molecule has 0 heterocycles. The van der Waals surface area contributed by atoms with Gasteiger partial charge in [0.2, 0.25) is 0 Å². The lowest BCUT2D eigenvalue weighted by molar-refractivity contribution is 0.473. The molecule has 0 aromatic rings. The van der Waals surface area contributed by atoms with Gasteiger partial charge in [-0.3, -0.25) is 0 Å². The van der Waals surface area contributed by atoms with Crippen LogP contribution in [0.15, 0.2) is 0 Å². The summed E-state index contributed by atoms with van der Waals surface area (Å²) in [4.78, 5) is 0. The Hall–Kier alpha value is 0.440. The van der Waals surface area contributed by atoms with Crippen molar-refractivity contribution in [1.29, 1.82) is 0 Å². The number of rotatable bonds is 3. The second-order valence-corrected chi connectivity index (χ2v) is 3.57. The maximum atomic E-state index is 5.70. The van der Waals surface area contributed by atoms with Gasteiger partial charge in [0.15, 0.2) is 0 Å². The third-order valence-corrected chi connectivity index (χ3v) is 1.52. The first kappa shape index (κ1) is 8.44. The number of alkyl halides is 1. The van der Waals surface area contributed by atoms with Gasteiger partial charge in [-0.05, 0) is 26.7 Å². The minimum atomic E-state index is 0.0216. The summed E-state index contributed by atoms with van der Waals surface area (Å²) in [5, 5.41) is 1.06. The Balaban J connectivity index is 3.11. The van der Waals surface area contributed by atoms with Gasteiger partial charge in [0.1, 0.15) is 0 Å². The summed E-state index contributed by atoms with van der Waals surface area (Å²) in [6, 6.07) is 0. The predicted molar refractivity (Wildman–Crippen MR) is 41.3 cm³/mol. The molecule has 0 aromatic carbocycles. The molecule has 0 fully saturated rings. The highest BCUT2D eigenvalue weighted by Crippen LogP contribution is 2.07. The Bertz CT molecular complexity index is 56.0. The van der Waals surface area contributed by atoms with E-state index in [1.54, 1.807) is 0 Å². The lowest BCUT2D eigenvalue weighted by atomic mass is 10.0. The summed E-state index contributed by atoms with van der Waals surface area (Å²) in [5.41, 5.74) is 5.72. The first-order valence-electron chi connectivity index (χ1n) is 2.91. The molecule has 50 valence electrons. The summed E-state index contributed by atoms with van der Waals surface area (Å²) in [6.45, 7) is 4.10. The highest BCUT2D eigenvalue weighted by molar-refractivity contribution is 9.09. The third-order valence-electron chi connectivity index (χ3n) is 0.955. The monoisotopic (exact) mass is 179 g/mol. The zero-order valence-corrected chi connectivity index (χ0v) is 7.16. The zero-order chi connectivity index (χ0) is 6.62. The van der Waals surface area contributed by atoms with Crippen LogP contribution in [0.1, 0.15) is 26.7 Å². The highest BCUT2D eigenvalue weighted by Gasteiger charge is 2.07. The molecule has 0 aliphatic rings. The van der Waals surface area contributed by atoms with Gasteiger partial charge in [-0.25, -0.2) is 0 Å². The van der Waals surface area contributed by atoms with E-state index in [-0.39, 0.29) is 5.54 Å². The van der Waals surface area contributed by atoms with Crippen molar-refractivity contribution in [3.63, 3.8) is 0 Å². The smallest absolute Gasteiger partial charge is 0.00973 e. The molecule has 2 heteroatoms. The average Bonchev–Trinajstić information content (AvgIpc) is 1.59. The van der Waals surface area contributed by atoms with Gasteiger partial charge in [0.05, 0.1) is 0 Å². The van der Waals surface area contributed by atoms with Crippen molar-refractivity contribution in [1.82, 2.24) is 0 Å². The standard InChI is InChI=1S/C6H14BrN/c1-6(2,8)4-3-5-7/h3-5,8H2,1-2H3. The van der Waals surface area contributed by atoms with Crippen LogP contribution in [-0.2, 0) is 0 Å². The van der Waals surface area contributed by atoms with E-state index in [0.29, 0.717) is 0 Å². The normalized spacial score (nSPS) is 12.0. The van der Waals surface area contributed by atoms with Crippen LogP contribution in [-0.4, -0.2) is 10.9 Å². The average molecular weight is 180 g/mol. The molecule has 0 saturated heterocycles. The summed E-state index contributed by atoms with van der Waals surface area (Å²) in [6.07, 6.45) is 2.27. The van der Waals surface area contributed by atoms with Crippen molar-refractivity contribution in [2.24, 2.45) is 5.73 Å². The molecule has 1 nitrogen and oxygen atoms in total. The molecule has 8 heavy (non-hydrogen) atoms. The number of hydrogen-bond donors (Lipinski definition) is 1. The fourth-order valence-corrected chi connectivity index (χ4v) is 0.803. The van der Waals surface area contributed by atoms with Crippen molar-refractivity contribution in [2.75, 3.05) is 5.33 Å². The maximum Gasteiger partial charge on any atom is 0.00973 e. The SMILES string of the molecule is CC(C)(N)CCCBr. The molecule has 0 saturated carbocycles. The van der Waals surface area contributed by atoms with Crippen LogP contribution in [0.3, 0.4) is 0 Å².